The van der Waals surface area contributed by atoms with Crippen molar-refractivity contribution < 1.29 is 23.9 Å². The number of allylic oxidation sites excluding steroid dienone is 2. The number of nitrogens with one attached hydrogen (secondary N) is 2. The monoisotopic (exact) mass is 318 g/mol. The normalized spacial score (nSPS) is 27.7. The van der Waals surface area contributed by atoms with E-state index in [1.165, 1.54) is 18.2 Å². The Morgan fingerprint density at radius 3 is 2.35 bits per heavy atom. The van der Waals surface area contributed by atoms with Gasteiger partial charge in [0.15, 0.2) is 0 Å². The van der Waals surface area contributed by atoms with Crippen molar-refractivity contribution in [3.05, 3.63) is 47.8 Å². The maximum atomic E-state index is 13.5. The molecule has 3 rings (SSSR count). The Bertz CT molecular complexity index is 703. The average Bonchev–Trinajstić information content (AvgIpc) is 3.13. The van der Waals surface area contributed by atoms with Gasteiger partial charge in [-0.05, 0) is 30.4 Å². The minimum absolute atomic E-state index is 0.147. The molecule has 0 saturated heterocycles. The van der Waals surface area contributed by atoms with Gasteiger partial charge in [0, 0.05) is 0 Å². The van der Waals surface area contributed by atoms with E-state index in [4.69, 9.17) is 0 Å². The lowest BCUT2D eigenvalue weighted by molar-refractivity contribution is -0.148. The van der Waals surface area contributed by atoms with Gasteiger partial charge in [0.25, 0.3) is 5.91 Å². The molecule has 1 aromatic carbocycles. The number of carboxylic acid groups (broad SMARTS) is 1. The first kappa shape index (κ1) is 15.2. The van der Waals surface area contributed by atoms with Gasteiger partial charge >= 0.3 is 5.97 Å². The van der Waals surface area contributed by atoms with E-state index in [1.807, 2.05) is 12.2 Å². The molecule has 4 atom stereocenters. The fraction of sp³-hybridized carbons (Fsp3) is 0.312. The fourth-order valence-corrected chi connectivity index (χ4v) is 3.43. The van der Waals surface area contributed by atoms with E-state index in [2.05, 4.69) is 10.9 Å². The highest BCUT2D eigenvalue weighted by Crippen LogP contribution is 2.48. The Morgan fingerprint density at radius 2 is 1.70 bits per heavy atom. The number of hydrazine groups is 1. The van der Waals surface area contributed by atoms with Gasteiger partial charge in [0.2, 0.25) is 5.91 Å². The Hall–Kier alpha value is -2.70. The molecular formula is C16H15FN2O4. The minimum atomic E-state index is -1.03. The molecule has 0 aliphatic heterocycles. The van der Waals surface area contributed by atoms with E-state index in [9.17, 15) is 23.9 Å². The number of benzene rings is 1. The van der Waals surface area contributed by atoms with Crippen LogP contribution in [0.2, 0.25) is 0 Å². The standard InChI is InChI=1S/C16H15FN2O4/c17-11-4-2-1-3-10(11)14(20)18-19-15(21)12-8-5-6-9(7-8)13(12)16(22)23/h1-6,8-9,12-13H,7H2,(H,18,20)(H,19,21)(H,22,23)/t8-,9-,12+,13+/m0/s1. The molecule has 1 fully saturated rings. The predicted octanol–water partition coefficient (Wildman–Crippen LogP) is 1.11. The lowest BCUT2D eigenvalue weighted by atomic mass is 9.82. The number of aliphatic carboxylic acids is 1. The van der Waals surface area contributed by atoms with Crippen molar-refractivity contribution >= 4 is 17.8 Å². The van der Waals surface area contributed by atoms with Crippen LogP contribution in [0.1, 0.15) is 16.8 Å². The van der Waals surface area contributed by atoms with Gasteiger partial charge in [-0.3, -0.25) is 25.2 Å². The zero-order valence-electron chi connectivity index (χ0n) is 12.0. The van der Waals surface area contributed by atoms with Crippen molar-refractivity contribution in [1.82, 2.24) is 10.9 Å². The van der Waals surface area contributed by atoms with Crippen LogP contribution < -0.4 is 10.9 Å². The van der Waals surface area contributed by atoms with Crippen LogP contribution >= 0.6 is 0 Å². The van der Waals surface area contributed by atoms with Crippen molar-refractivity contribution in [3.63, 3.8) is 0 Å². The van der Waals surface area contributed by atoms with Gasteiger partial charge < -0.3 is 5.11 Å². The molecule has 2 aliphatic carbocycles. The zero-order valence-corrected chi connectivity index (χ0v) is 12.0. The number of carbonyl (C=O) groups excluding carboxylic acids is 2. The first-order chi connectivity index (χ1) is 11.0. The SMILES string of the molecule is O=C(NNC(=O)[C@H]1[C@H](C(=O)O)[C@H]2C=C[C@H]1C2)c1ccccc1F. The van der Waals surface area contributed by atoms with Crippen molar-refractivity contribution in [1.29, 1.82) is 0 Å². The lowest BCUT2D eigenvalue weighted by Crippen LogP contribution is -2.48. The number of hydrogen-bond acceptors (Lipinski definition) is 3. The largest absolute Gasteiger partial charge is 0.481 e. The van der Waals surface area contributed by atoms with Gasteiger partial charge in [-0.2, -0.15) is 0 Å². The third-order valence-corrected chi connectivity index (χ3v) is 4.46. The summed E-state index contributed by atoms with van der Waals surface area (Å²) < 4.78 is 13.5. The Kier molecular flexibility index (Phi) is 3.85. The summed E-state index contributed by atoms with van der Waals surface area (Å²) in [6.45, 7) is 0. The molecule has 1 aromatic rings. The third-order valence-electron chi connectivity index (χ3n) is 4.46. The van der Waals surface area contributed by atoms with Crippen LogP contribution in [0, 0.1) is 29.5 Å². The number of hydrogen-bond donors (Lipinski definition) is 3. The van der Waals surface area contributed by atoms with Crippen molar-refractivity contribution in [2.24, 2.45) is 23.7 Å². The van der Waals surface area contributed by atoms with Crippen LogP contribution in [0.3, 0.4) is 0 Å². The van der Waals surface area contributed by atoms with Crippen molar-refractivity contribution in [2.75, 3.05) is 0 Å². The molecule has 120 valence electrons. The van der Waals surface area contributed by atoms with E-state index in [-0.39, 0.29) is 17.4 Å². The first-order valence-electron chi connectivity index (χ1n) is 7.25. The van der Waals surface area contributed by atoms with Gasteiger partial charge in [-0.1, -0.05) is 24.3 Å². The van der Waals surface area contributed by atoms with Crippen molar-refractivity contribution in [3.8, 4) is 0 Å². The van der Waals surface area contributed by atoms with Crippen LogP contribution in [0.5, 0.6) is 0 Å². The highest BCUT2D eigenvalue weighted by Gasteiger charge is 2.51. The summed E-state index contributed by atoms with van der Waals surface area (Å²) in [6, 6.07) is 5.37. The molecule has 7 heteroatoms. The highest BCUT2D eigenvalue weighted by atomic mass is 19.1. The number of fused-ring (bicyclic) bond motifs is 2. The Labute approximate surface area is 131 Å². The second-order valence-corrected chi connectivity index (χ2v) is 5.76. The highest BCUT2D eigenvalue weighted by molar-refractivity contribution is 5.96. The first-order valence-corrected chi connectivity index (χ1v) is 7.25. The fourth-order valence-electron chi connectivity index (χ4n) is 3.43. The van der Waals surface area contributed by atoms with Crippen LogP contribution in [0.15, 0.2) is 36.4 Å². The molecule has 1 saturated carbocycles. The topological polar surface area (TPSA) is 95.5 Å². The maximum absolute atomic E-state index is 13.5. The number of amides is 2. The maximum Gasteiger partial charge on any atom is 0.307 e. The summed E-state index contributed by atoms with van der Waals surface area (Å²) >= 11 is 0. The van der Waals surface area contributed by atoms with E-state index < -0.39 is 35.4 Å². The molecule has 23 heavy (non-hydrogen) atoms. The summed E-state index contributed by atoms with van der Waals surface area (Å²) in [6.07, 6.45) is 4.29. The predicted molar refractivity (Wildman–Crippen MR) is 77.4 cm³/mol. The van der Waals surface area contributed by atoms with Gasteiger partial charge in [-0.25, -0.2) is 4.39 Å². The molecule has 2 amide bonds. The van der Waals surface area contributed by atoms with E-state index in [0.29, 0.717) is 6.42 Å². The number of halogens is 1. The summed E-state index contributed by atoms with van der Waals surface area (Å²) in [5.74, 6) is -4.92. The van der Waals surface area contributed by atoms with Crippen LogP contribution in [-0.2, 0) is 9.59 Å². The number of carbonyl (C=O) groups is 3. The van der Waals surface area contributed by atoms with E-state index >= 15 is 0 Å². The Balaban J connectivity index is 1.66. The molecule has 0 unspecified atom stereocenters. The van der Waals surface area contributed by atoms with E-state index in [0.717, 1.165) is 6.07 Å². The van der Waals surface area contributed by atoms with Crippen molar-refractivity contribution in [2.45, 2.75) is 6.42 Å². The zero-order chi connectivity index (χ0) is 16.6. The van der Waals surface area contributed by atoms with Crippen LogP contribution in [0.25, 0.3) is 0 Å². The molecular weight excluding hydrogens is 303 g/mol. The number of carboxylic acids is 1. The summed E-state index contributed by atoms with van der Waals surface area (Å²) in [7, 11) is 0. The molecule has 6 nitrogen and oxygen atoms in total. The molecule has 2 aliphatic rings. The average molecular weight is 318 g/mol. The smallest absolute Gasteiger partial charge is 0.307 e. The van der Waals surface area contributed by atoms with Gasteiger partial charge in [-0.15, -0.1) is 0 Å². The molecule has 0 radical (unpaired) electrons. The molecule has 2 bridgehead atoms. The quantitative estimate of drug-likeness (QED) is 0.575. The minimum Gasteiger partial charge on any atom is -0.481 e. The van der Waals surface area contributed by atoms with Crippen LogP contribution in [0.4, 0.5) is 4.39 Å². The third kappa shape index (κ3) is 2.69. The lowest BCUT2D eigenvalue weighted by Gasteiger charge is -2.23. The van der Waals surface area contributed by atoms with E-state index in [1.54, 1.807) is 0 Å². The second-order valence-electron chi connectivity index (χ2n) is 5.76. The van der Waals surface area contributed by atoms with Gasteiger partial charge in [0.05, 0.1) is 17.4 Å². The van der Waals surface area contributed by atoms with Gasteiger partial charge in [0.1, 0.15) is 5.82 Å². The molecule has 3 N–H and O–H groups in total. The summed E-state index contributed by atoms with van der Waals surface area (Å²) in [4.78, 5) is 35.5. The molecule has 0 aromatic heterocycles. The summed E-state index contributed by atoms with van der Waals surface area (Å²) in [5.41, 5.74) is 4.16. The number of rotatable bonds is 3. The Morgan fingerprint density at radius 1 is 1.04 bits per heavy atom. The second kappa shape index (κ2) is 5.83. The summed E-state index contributed by atoms with van der Waals surface area (Å²) in [5, 5.41) is 9.30. The molecule has 0 heterocycles. The molecule has 0 spiro atoms. The van der Waals surface area contributed by atoms with Crippen LogP contribution in [-0.4, -0.2) is 22.9 Å².